The quantitative estimate of drug-likeness (QED) is 0.810. The highest BCUT2D eigenvalue weighted by atomic mass is 79.9. The van der Waals surface area contributed by atoms with Gasteiger partial charge in [-0.05, 0) is 46.8 Å². The monoisotopic (exact) mass is 312 g/mol. The van der Waals surface area contributed by atoms with Crippen LogP contribution in [0.2, 0.25) is 0 Å². The van der Waals surface area contributed by atoms with Crippen molar-refractivity contribution in [2.45, 2.75) is 26.8 Å². The van der Waals surface area contributed by atoms with E-state index in [-0.39, 0.29) is 5.78 Å². The molecule has 2 rings (SSSR count). The van der Waals surface area contributed by atoms with Gasteiger partial charge in [-0.2, -0.15) is 5.10 Å². The first-order chi connectivity index (χ1) is 8.17. The average Bonchev–Trinajstić information content (AvgIpc) is 2.93. The number of hydrogen-bond acceptors (Lipinski definition) is 3. The maximum Gasteiger partial charge on any atom is 0.222 e. The van der Waals surface area contributed by atoms with Crippen LogP contribution in [0.1, 0.15) is 34.9 Å². The fraction of sp³-hybridized carbons (Fsp3) is 0.333. The van der Waals surface area contributed by atoms with E-state index in [1.165, 1.54) is 11.3 Å². The van der Waals surface area contributed by atoms with Crippen molar-refractivity contribution in [3.63, 3.8) is 0 Å². The number of hydrogen-bond donors (Lipinski definition) is 0. The number of aromatic nitrogens is 2. The first-order valence-electron chi connectivity index (χ1n) is 5.51. The van der Waals surface area contributed by atoms with Gasteiger partial charge >= 0.3 is 0 Å². The number of carbonyl (C=O) groups is 1. The van der Waals surface area contributed by atoms with E-state index in [1.807, 2.05) is 31.4 Å². The van der Waals surface area contributed by atoms with Crippen LogP contribution in [0.4, 0.5) is 0 Å². The Balaban J connectivity index is 2.43. The molecule has 2 heterocycles. The lowest BCUT2D eigenvalue weighted by atomic mass is 10.2. The molecule has 0 fully saturated rings. The minimum atomic E-state index is 0.0425. The standard InChI is InChI=1S/C12H13BrN2OS/c1-3-8-7-10(15(4-2)14-8)11(16)12-9(13)5-6-17-12/h5-7H,3-4H2,1-2H3. The SMILES string of the molecule is CCc1cc(C(=O)c2sccc2Br)n(CC)n1. The van der Waals surface area contributed by atoms with Crippen molar-refractivity contribution in [2.75, 3.05) is 0 Å². The van der Waals surface area contributed by atoms with E-state index < -0.39 is 0 Å². The Kier molecular flexibility index (Phi) is 3.79. The minimum absolute atomic E-state index is 0.0425. The summed E-state index contributed by atoms with van der Waals surface area (Å²) in [5.74, 6) is 0.0425. The number of halogens is 1. The molecule has 0 bridgehead atoms. The molecule has 0 amide bonds. The third-order valence-electron chi connectivity index (χ3n) is 2.55. The number of thiophene rings is 1. The van der Waals surface area contributed by atoms with Gasteiger partial charge in [0, 0.05) is 11.0 Å². The zero-order chi connectivity index (χ0) is 12.4. The van der Waals surface area contributed by atoms with Crippen LogP contribution in [0.15, 0.2) is 22.0 Å². The number of rotatable bonds is 4. The third-order valence-corrected chi connectivity index (χ3v) is 4.38. The Hall–Kier alpha value is -0.940. The maximum atomic E-state index is 12.4. The molecule has 0 N–H and O–H groups in total. The van der Waals surface area contributed by atoms with Gasteiger partial charge in [-0.25, -0.2) is 0 Å². The van der Waals surface area contributed by atoms with Gasteiger partial charge in [-0.1, -0.05) is 6.92 Å². The van der Waals surface area contributed by atoms with Gasteiger partial charge in [0.1, 0.15) is 5.69 Å². The van der Waals surface area contributed by atoms with E-state index in [4.69, 9.17) is 0 Å². The summed E-state index contributed by atoms with van der Waals surface area (Å²) >= 11 is 4.85. The molecule has 0 aliphatic carbocycles. The van der Waals surface area contributed by atoms with Crippen LogP contribution < -0.4 is 0 Å². The Morgan fingerprint density at radius 1 is 1.53 bits per heavy atom. The summed E-state index contributed by atoms with van der Waals surface area (Å²) in [5.41, 5.74) is 1.63. The van der Waals surface area contributed by atoms with Crippen LogP contribution in [-0.2, 0) is 13.0 Å². The fourth-order valence-electron chi connectivity index (χ4n) is 1.64. The van der Waals surface area contributed by atoms with Gasteiger partial charge in [0.05, 0.1) is 10.6 Å². The summed E-state index contributed by atoms with van der Waals surface area (Å²) in [7, 11) is 0. The van der Waals surface area contributed by atoms with E-state index in [2.05, 4.69) is 21.0 Å². The first-order valence-corrected chi connectivity index (χ1v) is 7.19. The van der Waals surface area contributed by atoms with Gasteiger partial charge in [0.25, 0.3) is 0 Å². The Morgan fingerprint density at radius 2 is 2.29 bits per heavy atom. The number of carbonyl (C=O) groups excluding carboxylic acids is 1. The molecule has 90 valence electrons. The second kappa shape index (κ2) is 5.14. The second-order valence-electron chi connectivity index (χ2n) is 3.62. The molecular weight excluding hydrogens is 300 g/mol. The highest BCUT2D eigenvalue weighted by Gasteiger charge is 2.19. The van der Waals surface area contributed by atoms with Crippen LogP contribution in [0.25, 0.3) is 0 Å². The van der Waals surface area contributed by atoms with Crippen LogP contribution in [0.3, 0.4) is 0 Å². The van der Waals surface area contributed by atoms with Crippen molar-refractivity contribution in [1.82, 2.24) is 9.78 Å². The molecule has 5 heteroatoms. The molecule has 0 saturated heterocycles. The van der Waals surface area contributed by atoms with E-state index in [9.17, 15) is 4.79 Å². The Labute approximate surface area is 113 Å². The predicted molar refractivity (Wildman–Crippen MR) is 72.7 cm³/mol. The van der Waals surface area contributed by atoms with Gasteiger partial charge in [-0.3, -0.25) is 9.48 Å². The lowest BCUT2D eigenvalue weighted by molar-refractivity contribution is 0.103. The normalized spacial score (nSPS) is 10.8. The van der Waals surface area contributed by atoms with Gasteiger partial charge in [0.2, 0.25) is 5.78 Å². The minimum Gasteiger partial charge on any atom is -0.286 e. The van der Waals surface area contributed by atoms with E-state index in [1.54, 1.807) is 4.68 Å². The molecule has 2 aromatic rings. The molecule has 2 aromatic heterocycles. The third kappa shape index (κ3) is 2.35. The van der Waals surface area contributed by atoms with Gasteiger partial charge in [-0.15, -0.1) is 11.3 Å². The lowest BCUT2D eigenvalue weighted by Crippen LogP contribution is -2.09. The van der Waals surface area contributed by atoms with E-state index in [0.717, 1.165) is 21.5 Å². The van der Waals surface area contributed by atoms with Crippen molar-refractivity contribution in [3.8, 4) is 0 Å². The molecule has 0 aromatic carbocycles. The highest BCUT2D eigenvalue weighted by molar-refractivity contribution is 9.10. The second-order valence-corrected chi connectivity index (χ2v) is 5.39. The maximum absolute atomic E-state index is 12.4. The Morgan fingerprint density at radius 3 is 2.82 bits per heavy atom. The van der Waals surface area contributed by atoms with Crippen LogP contribution >= 0.6 is 27.3 Å². The van der Waals surface area contributed by atoms with Crippen molar-refractivity contribution in [1.29, 1.82) is 0 Å². The lowest BCUT2D eigenvalue weighted by Gasteiger charge is -2.02. The predicted octanol–water partition coefficient (Wildman–Crippen LogP) is 3.52. The van der Waals surface area contributed by atoms with Crippen molar-refractivity contribution < 1.29 is 4.79 Å². The van der Waals surface area contributed by atoms with Gasteiger partial charge in [0.15, 0.2) is 0 Å². The summed E-state index contributed by atoms with van der Waals surface area (Å²) in [6.07, 6.45) is 0.846. The molecule has 0 unspecified atom stereocenters. The molecule has 0 aliphatic rings. The highest BCUT2D eigenvalue weighted by Crippen LogP contribution is 2.25. The van der Waals surface area contributed by atoms with Crippen LogP contribution in [0, 0.1) is 0 Å². The molecule has 0 atom stereocenters. The largest absolute Gasteiger partial charge is 0.286 e. The van der Waals surface area contributed by atoms with Crippen molar-refractivity contribution in [2.24, 2.45) is 0 Å². The van der Waals surface area contributed by atoms with Crippen LogP contribution in [0.5, 0.6) is 0 Å². The number of nitrogens with zero attached hydrogens (tertiary/aromatic N) is 2. The summed E-state index contributed by atoms with van der Waals surface area (Å²) in [5, 5.41) is 6.30. The Bertz CT molecular complexity index is 544. The summed E-state index contributed by atoms with van der Waals surface area (Å²) in [6, 6.07) is 3.78. The first kappa shape index (κ1) is 12.5. The molecule has 0 saturated carbocycles. The van der Waals surface area contributed by atoms with E-state index >= 15 is 0 Å². The van der Waals surface area contributed by atoms with E-state index in [0.29, 0.717) is 12.2 Å². The van der Waals surface area contributed by atoms with Crippen molar-refractivity contribution in [3.05, 3.63) is 38.3 Å². The number of ketones is 1. The van der Waals surface area contributed by atoms with Crippen LogP contribution in [-0.4, -0.2) is 15.6 Å². The molecule has 3 nitrogen and oxygen atoms in total. The van der Waals surface area contributed by atoms with Crippen molar-refractivity contribution >= 4 is 33.0 Å². The molecule has 0 radical (unpaired) electrons. The zero-order valence-corrected chi connectivity index (χ0v) is 12.1. The van der Waals surface area contributed by atoms with Gasteiger partial charge < -0.3 is 0 Å². The topological polar surface area (TPSA) is 34.9 Å². The molecule has 0 aliphatic heterocycles. The number of aryl methyl sites for hydroxylation is 2. The zero-order valence-electron chi connectivity index (χ0n) is 9.74. The molecule has 0 spiro atoms. The fourth-order valence-corrected chi connectivity index (χ4v) is 3.14. The molecule has 17 heavy (non-hydrogen) atoms. The summed E-state index contributed by atoms with van der Waals surface area (Å²) in [6.45, 7) is 4.74. The average molecular weight is 313 g/mol. The smallest absolute Gasteiger partial charge is 0.222 e. The summed E-state index contributed by atoms with van der Waals surface area (Å²) in [4.78, 5) is 13.1. The molecular formula is C12H13BrN2OS. The summed E-state index contributed by atoms with van der Waals surface area (Å²) < 4.78 is 2.63.